The Hall–Kier alpha value is -2.02. The number of hydrogen-bond donors (Lipinski definition) is 0. The van der Waals surface area contributed by atoms with E-state index in [1.54, 1.807) is 16.0 Å². The first-order chi connectivity index (χ1) is 10.6. The van der Waals surface area contributed by atoms with Crippen molar-refractivity contribution in [1.82, 2.24) is 24.7 Å². The maximum absolute atomic E-state index is 4.70. The van der Waals surface area contributed by atoms with Gasteiger partial charge in [-0.15, -0.1) is 11.3 Å². The van der Waals surface area contributed by atoms with Gasteiger partial charge in [-0.25, -0.2) is 15.0 Å². The molecule has 0 saturated heterocycles. The Morgan fingerprint density at radius 2 is 2.14 bits per heavy atom. The van der Waals surface area contributed by atoms with Crippen molar-refractivity contribution in [3.8, 4) is 0 Å². The highest BCUT2D eigenvalue weighted by molar-refractivity contribution is 7.09. The predicted octanol–water partition coefficient (Wildman–Crippen LogP) is 2.37. The first-order valence-electron chi connectivity index (χ1n) is 7.39. The molecule has 7 heteroatoms. The zero-order valence-corrected chi connectivity index (χ0v) is 14.2. The van der Waals surface area contributed by atoms with Crippen LogP contribution in [-0.4, -0.2) is 38.3 Å². The molecule has 0 bridgehead atoms. The van der Waals surface area contributed by atoms with E-state index in [-0.39, 0.29) is 0 Å². The number of aromatic nitrogens is 5. The number of nitrogens with zero attached hydrogens (tertiary/aromatic N) is 6. The summed E-state index contributed by atoms with van der Waals surface area (Å²) in [4.78, 5) is 17.1. The molecule has 0 aliphatic carbocycles. The van der Waals surface area contributed by atoms with E-state index in [9.17, 15) is 0 Å². The summed E-state index contributed by atoms with van der Waals surface area (Å²) in [5, 5.41) is 5.32. The Bertz CT molecular complexity index is 791. The summed E-state index contributed by atoms with van der Waals surface area (Å²) in [6.45, 7) is 5.03. The van der Waals surface area contributed by atoms with Gasteiger partial charge < -0.3 is 4.90 Å². The van der Waals surface area contributed by atoms with Crippen molar-refractivity contribution in [1.29, 1.82) is 0 Å². The normalized spacial score (nSPS) is 11.3. The fourth-order valence-corrected chi connectivity index (χ4v) is 3.21. The van der Waals surface area contributed by atoms with Crippen molar-refractivity contribution < 1.29 is 0 Å². The first-order valence-corrected chi connectivity index (χ1v) is 8.26. The van der Waals surface area contributed by atoms with Gasteiger partial charge in [0, 0.05) is 38.4 Å². The third-order valence-corrected chi connectivity index (χ3v) is 4.81. The van der Waals surface area contributed by atoms with Crippen LogP contribution < -0.4 is 4.90 Å². The second kappa shape index (κ2) is 6.00. The van der Waals surface area contributed by atoms with E-state index in [2.05, 4.69) is 40.9 Å². The molecule has 0 aromatic carbocycles. The van der Waals surface area contributed by atoms with Crippen LogP contribution in [0.25, 0.3) is 11.0 Å². The number of hydrogen-bond acceptors (Lipinski definition) is 6. The van der Waals surface area contributed by atoms with Gasteiger partial charge >= 0.3 is 0 Å². The lowest BCUT2D eigenvalue weighted by Crippen LogP contribution is -2.22. The molecule has 0 unspecified atom stereocenters. The summed E-state index contributed by atoms with van der Waals surface area (Å²) in [6.07, 6.45) is 3.63. The number of thiazole rings is 1. The van der Waals surface area contributed by atoms with Crippen molar-refractivity contribution in [3.63, 3.8) is 0 Å². The summed E-state index contributed by atoms with van der Waals surface area (Å²) in [5.41, 5.74) is 3.92. The monoisotopic (exact) mass is 316 g/mol. The third-order valence-electron chi connectivity index (χ3n) is 3.82. The van der Waals surface area contributed by atoms with Gasteiger partial charge in [0.2, 0.25) is 0 Å². The lowest BCUT2D eigenvalue weighted by molar-refractivity contribution is 0.778. The van der Waals surface area contributed by atoms with Gasteiger partial charge in [-0.3, -0.25) is 4.68 Å². The molecule has 3 heterocycles. The Labute approximate surface area is 133 Å². The van der Waals surface area contributed by atoms with Gasteiger partial charge in [0.25, 0.3) is 0 Å². The van der Waals surface area contributed by atoms with Gasteiger partial charge in [-0.05, 0) is 6.92 Å². The van der Waals surface area contributed by atoms with E-state index >= 15 is 0 Å². The molecular formula is C15H20N6S. The largest absolute Gasteiger partial charge is 0.359 e. The van der Waals surface area contributed by atoms with Crippen LogP contribution in [0.5, 0.6) is 0 Å². The molecule has 0 amide bonds. The second-order valence-electron chi connectivity index (χ2n) is 5.35. The summed E-state index contributed by atoms with van der Waals surface area (Å²) in [7, 11) is 3.99. The Balaban J connectivity index is 1.89. The summed E-state index contributed by atoms with van der Waals surface area (Å²) < 4.78 is 1.81. The van der Waals surface area contributed by atoms with Crippen molar-refractivity contribution in [2.75, 3.05) is 18.5 Å². The van der Waals surface area contributed by atoms with Crippen molar-refractivity contribution in [2.45, 2.75) is 26.7 Å². The minimum atomic E-state index is 0.815. The van der Waals surface area contributed by atoms with E-state index in [1.807, 2.05) is 18.8 Å². The zero-order chi connectivity index (χ0) is 15.7. The number of aryl methyl sites for hydroxylation is 3. The molecule has 0 saturated carbocycles. The van der Waals surface area contributed by atoms with E-state index in [0.717, 1.165) is 47.8 Å². The molecule has 0 fully saturated rings. The van der Waals surface area contributed by atoms with E-state index in [1.165, 1.54) is 4.88 Å². The first kappa shape index (κ1) is 14.9. The van der Waals surface area contributed by atoms with Crippen LogP contribution in [0.15, 0.2) is 11.7 Å². The van der Waals surface area contributed by atoms with Crippen molar-refractivity contribution >= 4 is 28.2 Å². The number of anilines is 1. The molecule has 116 valence electrons. The van der Waals surface area contributed by atoms with Crippen LogP contribution in [0.1, 0.15) is 23.3 Å². The molecule has 3 rings (SSSR count). The predicted molar refractivity (Wildman–Crippen MR) is 89.5 cm³/mol. The molecule has 0 spiro atoms. The Morgan fingerprint density at radius 1 is 1.32 bits per heavy atom. The molecular weight excluding hydrogens is 296 g/mol. The highest BCUT2D eigenvalue weighted by Crippen LogP contribution is 2.23. The standard InChI is InChI=1S/C15H20N6S/c1-5-13-18-14(11-8-17-21(4)15(11)19-13)20(3)7-6-12-10(2)16-9-22-12/h8-9H,5-7H2,1-4H3. The Morgan fingerprint density at radius 3 is 2.82 bits per heavy atom. The van der Waals surface area contributed by atoms with Gasteiger partial charge in [-0.2, -0.15) is 5.10 Å². The van der Waals surface area contributed by atoms with Crippen LogP contribution in [0, 0.1) is 6.92 Å². The van der Waals surface area contributed by atoms with E-state index in [4.69, 9.17) is 4.98 Å². The number of fused-ring (bicyclic) bond motifs is 1. The van der Waals surface area contributed by atoms with Gasteiger partial charge in [0.1, 0.15) is 11.6 Å². The molecule has 22 heavy (non-hydrogen) atoms. The maximum atomic E-state index is 4.70. The number of rotatable bonds is 5. The van der Waals surface area contributed by atoms with Crippen LogP contribution in [0.3, 0.4) is 0 Å². The lowest BCUT2D eigenvalue weighted by Gasteiger charge is -2.19. The molecule has 3 aromatic rings. The molecule has 3 aromatic heterocycles. The van der Waals surface area contributed by atoms with Gasteiger partial charge in [0.05, 0.1) is 22.8 Å². The fourth-order valence-electron chi connectivity index (χ4n) is 2.44. The van der Waals surface area contributed by atoms with Crippen molar-refractivity contribution in [2.24, 2.45) is 7.05 Å². The summed E-state index contributed by atoms with van der Waals surface area (Å²) in [5.74, 6) is 1.81. The third kappa shape index (κ3) is 2.68. The Kier molecular flexibility index (Phi) is 4.06. The fraction of sp³-hybridized carbons (Fsp3) is 0.467. The van der Waals surface area contributed by atoms with Crippen LogP contribution in [-0.2, 0) is 19.9 Å². The van der Waals surface area contributed by atoms with Gasteiger partial charge in [-0.1, -0.05) is 6.92 Å². The molecule has 0 atom stereocenters. The lowest BCUT2D eigenvalue weighted by atomic mass is 10.2. The van der Waals surface area contributed by atoms with Crippen LogP contribution >= 0.6 is 11.3 Å². The quantitative estimate of drug-likeness (QED) is 0.723. The smallest absolute Gasteiger partial charge is 0.163 e. The molecule has 0 N–H and O–H groups in total. The maximum Gasteiger partial charge on any atom is 0.163 e. The molecule has 0 aliphatic heterocycles. The highest BCUT2D eigenvalue weighted by atomic mass is 32.1. The SMILES string of the molecule is CCc1nc(N(C)CCc2scnc2C)c2cnn(C)c2n1. The van der Waals surface area contributed by atoms with Crippen LogP contribution in [0.4, 0.5) is 5.82 Å². The van der Waals surface area contributed by atoms with Crippen molar-refractivity contribution in [3.05, 3.63) is 28.1 Å². The molecule has 0 radical (unpaired) electrons. The van der Waals surface area contributed by atoms with Gasteiger partial charge in [0.15, 0.2) is 5.65 Å². The minimum absolute atomic E-state index is 0.815. The van der Waals surface area contributed by atoms with E-state index < -0.39 is 0 Å². The molecule has 6 nitrogen and oxygen atoms in total. The zero-order valence-electron chi connectivity index (χ0n) is 13.4. The van der Waals surface area contributed by atoms with Crippen LogP contribution in [0.2, 0.25) is 0 Å². The topological polar surface area (TPSA) is 59.7 Å². The van der Waals surface area contributed by atoms with E-state index in [0.29, 0.717) is 0 Å². The summed E-state index contributed by atoms with van der Waals surface area (Å²) in [6, 6.07) is 0. The number of likely N-dealkylation sites (N-methyl/N-ethyl adjacent to an activating group) is 1. The average molecular weight is 316 g/mol. The minimum Gasteiger partial charge on any atom is -0.359 e. The summed E-state index contributed by atoms with van der Waals surface area (Å²) >= 11 is 1.72. The average Bonchev–Trinajstić information content (AvgIpc) is 3.10. The highest BCUT2D eigenvalue weighted by Gasteiger charge is 2.14. The second-order valence-corrected chi connectivity index (χ2v) is 6.29. The molecule has 0 aliphatic rings.